The molecule has 0 fully saturated rings. The van der Waals surface area contributed by atoms with Crippen molar-refractivity contribution in [1.82, 2.24) is 0 Å². The summed E-state index contributed by atoms with van der Waals surface area (Å²) in [5, 5.41) is 0. The molecule has 0 aliphatic heterocycles. The molecule has 0 spiro atoms. The predicted octanol–water partition coefficient (Wildman–Crippen LogP) is 2.41. The zero-order chi connectivity index (χ0) is 6.85. The van der Waals surface area contributed by atoms with Crippen LogP contribution in [0.4, 0.5) is 0 Å². The van der Waals surface area contributed by atoms with Crippen LogP contribution in [0, 0.1) is 26.8 Å². The average molecular weight is 171 g/mol. The first-order valence-electron chi connectivity index (χ1n) is 3.15. The molecule has 0 aliphatic carbocycles. The minimum atomic E-state index is 0. The fourth-order valence-electron chi connectivity index (χ4n) is 1.11. The van der Waals surface area contributed by atoms with Crippen molar-refractivity contribution in [3.05, 3.63) is 34.9 Å². The second-order valence-electron chi connectivity index (χ2n) is 2.52. The maximum absolute atomic E-state index is 3.21. The van der Waals surface area contributed by atoms with Crippen molar-refractivity contribution in [2.45, 2.75) is 20.8 Å². The molecule has 1 heteroatoms. The standard InChI is InChI=1S/C9H11.Cr/c1-7-4-8(2)6-9(3)5-7;/h4-5H,1-3H3;/q-1;. The van der Waals surface area contributed by atoms with E-state index in [-0.39, 0.29) is 17.4 Å². The van der Waals surface area contributed by atoms with Crippen LogP contribution in [0.1, 0.15) is 16.7 Å². The average Bonchev–Trinajstić information content (AvgIpc) is 1.59. The predicted molar refractivity (Wildman–Crippen MR) is 39.5 cm³/mol. The Bertz CT molecular complexity index is 165. The van der Waals surface area contributed by atoms with Gasteiger partial charge in [-0.1, -0.05) is 20.8 Å². The van der Waals surface area contributed by atoms with Gasteiger partial charge in [-0.15, -0.1) is 0 Å². The second-order valence-corrected chi connectivity index (χ2v) is 2.52. The van der Waals surface area contributed by atoms with Crippen LogP contribution < -0.4 is 0 Å². The summed E-state index contributed by atoms with van der Waals surface area (Å²) in [5.41, 5.74) is 3.78. The molecule has 0 saturated heterocycles. The molecule has 0 aliphatic rings. The van der Waals surface area contributed by atoms with Crippen molar-refractivity contribution in [2.75, 3.05) is 0 Å². The van der Waals surface area contributed by atoms with Gasteiger partial charge >= 0.3 is 0 Å². The Morgan fingerprint density at radius 2 is 1.40 bits per heavy atom. The summed E-state index contributed by atoms with van der Waals surface area (Å²) in [4.78, 5) is 0. The van der Waals surface area contributed by atoms with Gasteiger partial charge in [0, 0.05) is 17.4 Å². The molecule has 10 heavy (non-hydrogen) atoms. The maximum Gasteiger partial charge on any atom is 0 e. The van der Waals surface area contributed by atoms with Crippen LogP contribution in [-0.4, -0.2) is 0 Å². The smallest absolute Gasteiger partial charge is 0 e. The Morgan fingerprint density at radius 3 is 1.70 bits per heavy atom. The number of rotatable bonds is 0. The quantitative estimate of drug-likeness (QED) is 0.526. The van der Waals surface area contributed by atoms with Crippen LogP contribution in [0.5, 0.6) is 0 Å². The van der Waals surface area contributed by atoms with E-state index in [0.717, 1.165) is 0 Å². The van der Waals surface area contributed by atoms with Gasteiger partial charge in [0.25, 0.3) is 0 Å². The van der Waals surface area contributed by atoms with E-state index in [2.05, 4.69) is 39.0 Å². The largest absolute Gasteiger partial charge is 0.177 e. The van der Waals surface area contributed by atoms with Gasteiger partial charge in [0.15, 0.2) is 0 Å². The first-order valence-corrected chi connectivity index (χ1v) is 3.15. The summed E-state index contributed by atoms with van der Waals surface area (Å²) in [6.07, 6.45) is 0. The zero-order valence-corrected chi connectivity index (χ0v) is 7.84. The van der Waals surface area contributed by atoms with Gasteiger partial charge in [0.05, 0.1) is 0 Å². The van der Waals surface area contributed by atoms with E-state index in [1.807, 2.05) is 0 Å². The van der Waals surface area contributed by atoms with Gasteiger partial charge in [0.1, 0.15) is 0 Å². The van der Waals surface area contributed by atoms with Crippen molar-refractivity contribution < 1.29 is 17.4 Å². The number of benzene rings is 1. The first-order chi connectivity index (χ1) is 4.18. The Kier molecular flexibility index (Phi) is 3.71. The number of hydrogen-bond donors (Lipinski definition) is 0. The maximum atomic E-state index is 3.21. The molecule has 0 N–H and O–H groups in total. The van der Waals surface area contributed by atoms with Crippen LogP contribution in [-0.2, 0) is 17.4 Å². The van der Waals surface area contributed by atoms with Gasteiger partial charge in [-0.3, -0.25) is 0 Å². The fraction of sp³-hybridized carbons (Fsp3) is 0.333. The van der Waals surface area contributed by atoms with Crippen molar-refractivity contribution in [3.8, 4) is 0 Å². The van der Waals surface area contributed by atoms with Crippen LogP contribution in [0.2, 0.25) is 0 Å². The SMILES string of the molecule is Cc1[c-]c(C)cc(C)c1.[Cr]. The van der Waals surface area contributed by atoms with Crippen LogP contribution in [0.3, 0.4) is 0 Å². The van der Waals surface area contributed by atoms with Gasteiger partial charge in [-0.25, -0.2) is 0 Å². The molecule has 0 bridgehead atoms. The third kappa shape index (κ3) is 2.56. The van der Waals surface area contributed by atoms with Crippen molar-refractivity contribution in [3.63, 3.8) is 0 Å². The molecule has 54 valence electrons. The summed E-state index contributed by atoms with van der Waals surface area (Å²) in [6, 6.07) is 7.47. The Labute approximate surface area is 73.4 Å². The van der Waals surface area contributed by atoms with Crippen molar-refractivity contribution in [2.24, 2.45) is 0 Å². The molecule has 0 amide bonds. The molecule has 0 unspecified atom stereocenters. The van der Waals surface area contributed by atoms with E-state index in [1.165, 1.54) is 16.7 Å². The summed E-state index contributed by atoms with van der Waals surface area (Å²) < 4.78 is 0. The van der Waals surface area contributed by atoms with Crippen molar-refractivity contribution in [1.29, 1.82) is 0 Å². The van der Waals surface area contributed by atoms with E-state index in [0.29, 0.717) is 0 Å². The summed E-state index contributed by atoms with van der Waals surface area (Å²) in [5.74, 6) is 0. The van der Waals surface area contributed by atoms with E-state index >= 15 is 0 Å². The monoisotopic (exact) mass is 171 g/mol. The summed E-state index contributed by atoms with van der Waals surface area (Å²) in [7, 11) is 0. The van der Waals surface area contributed by atoms with Gasteiger partial charge < -0.3 is 0 Å². The molecule has 0 aromatic heterocycles. The van der Waals surface area contributed by atoms with Gasteiger partial charge in [-0.05, 0) is 0 Å². The Balaban J connectivity index is 0.000000810. The third-order valence-electron chi connectivity index (χ3n) is 1.28. The van der Waals surface area contributed by atoms with Gasteiger partial charge in [0.2, 0.25) is 0 Å². The second kappa shape index (κ2) is 3.81. The minimum absolute atomic E-state index is 0. The van der Waals surface area contributed by atoms with Crippen LogP contribution >= 0.6 is 0 Å². The number of aryl methyl sites for hydroxylation is 3. The molecular weight excluding hydrogens is 160 g/mol. The molecule has 0 saturated carbocycles. The molecular formula is C9H11Cr-. The van der Waals surface area contributed by atoms with Crippen LogP contribution in [0.25, 0.3) is 0 Å². The molecule has 0 nitrogen and oxygen atoms in total. The summed E-state index contributed by atoms with van der Waals surface area (Å²) in [6.45, 7) is 6.24. The topological polar surface area (TPSA) is 0 Å². The first kappa shape index (κ1) is 9.75. The van der Waals surface area contributed by atoms with Gasteiger partial charge in [-0.2, -0.15) is 34.9 Å². The summed E-state index contributed by atoms with van der Waals surface area (Å²) >= 11 is 0. The van der Waals surface area contributed by atoms with E-state index in [1.54, 1.807) is 0 Å². The zero-order valence-electron chi connectivity index (χ0n) is 6.56. The third-order valence-corrected chi connectivity index (χ3v) is 1.28. The number of hydrogen-bond acceptors (Lipinski definition) is 0. The van der Waals surface area contributed by atoms with E-state index < -0.39 is 0 Å². The van der Waals surface area contributed by atoms with E-state index in [9.17, 15) is 0 Å². The Hall–Kier alpha value is -0.248. The molecule has 0 atom stereocenters. The molecule has 0 radical (unpaired) electrons. The Morgan fingerprint density at radius 1 is 1.00 bits per heavy atom. The fourth-order valence-corrected chi connectivity index (χ4v) is 1.11. The molecule has 1 aromatic carbocycles. The van der Waals surface area contributed by atoms with E-state index in [4.69, 9.17) is 0 Å². The minimum Gasteiger partial charge on any atom is -0.177 e. The normalized spacial score (nSPS) is 8.70. The van der Waals surface area contributed by atoms with Crippen molar-refractivity contribution >= 4 is 0 Å². The molecule has 0 heterocycles. The molecule has 1 rings (SSSR count). The molecule has 1 aromatic rings. The van der Waals surface area contributed by atoms with Crippen LogP contribution in [0.15, 0.2) is 12.1 Å².